The van der Waals surface area contributed by atoms with Gasteiger partial charge in [-0.1, -0.05) is 6.42 Å². The topological polar surface area (TPSA) is 38.7 Å². The number of aryl methyl sites for hydroxylation is 1. The van der Waals surface area contributed by atoms with E-state index in [1.807, 2.05) is 12.1 Å². The van der Waals surface area contributed by atoms with Crippen molar-refractivity contribution in [3.63, 3.8) is 0 Å². The minimum Gasteiger partial charge on any atom is -0.497 e. The van der Waals surface area contributed by atoms with E-state index >= 15 is 0 Å². The number of aliphatic hydroxyl groups is 1. The van der Waals surface area contributed by atoms with Crippen molar-refractivity contribution in [2.24, 2.45) is 0 Å². The van der Waals surface area contributed by atoms with Crippen LogP contribution in [0.15, 0.2) is 12.1 Å². The number of hydrogen-bond acceptors (Lipinski definition) is 3. The summed E-state index contributed by atoms with van der Waals surface area (Å²) in [6.07, 6.45) is 3.25. The molecule has 1 aromatic rings. The van der Waals surface area contributed by atoms with Gasteiger partial charge in [0, 0.05) is 17.0 Å². The van der Waals surface area contributed by atoms with Crippen LogP contribution in [0.1, 0.15) is 30.4 Å². The second-order valence-corrected chi connectivity index (χ2v) is 4.81. The fraction of sp³-hybridized carbons (Fsp3) is 0.571. The summed E-state index contributed by atoms with van der Waals surface area (Å²) in [6, 6.07) is 3.91. The van der Waals surface area contributed by atoms with E-state index in [9.17, 15) is 5.11 Å². The zero-order valence-electron chi connectivity index (χ0n) is 10.7. The zero-order chi connectivity index (χ0) is 12.5. The van der Waals surface area contributed by atoms with Crippen molar-refractivity contribution in [1.82, 2.24) is 0 Å². The fourth-order valence-electron chi connectivity index (χ4n) is 2.77. The lowest BCUT2D eigenvalue weighted by atomic mass is 9.63. The summed E-state index contributed by atoms with van der Waals surface area (Å²) in [5.41, 5.74) is 2.19. The average Bonchev–Trinajstić information content (AvgIpc) is 2.29. The van der Waals surface area contributed by atoms with Crippen molar-refractivity contribution >= 4 is 0 Å². The quantitative estimate of drug-likeness (QED) is 0.872. The zero-order valence-corrected chi connectivity index (χ0v) is 10.7. The molecule has 0 radical (unpaired) electrons. The first-order valence-electron chi connectivity index (χ1n) is 6.01. The first-order valence-corrected chi connectivity index (χ1v) is 6.01. The highest BCUT2D eigenvalue weighted by atomic mass is 16.5. The van der Waals surface area contributed by atoms with Gasteiger partial charge in [-0.2, -0.15) is 0 Å². The summed E-state index contributed by atoms with van der Waals surface area (Å²) >= 11 is 0. The molecular formula is C14H20O3. The molecule has 0 spiro atoms. The molecule has 0 saturated heterocycles. The molecule has 0 unspecified atom stereocenters. The van der Waals surface area contributed by atoms with Crippen LogP contribution < -0.4 is 9.47 Å². The third-order valence-corrected chi connectivity index (χ3v) is 3.87. The molecule has 17 heavy (non-hydrogen) atoms. The molecule has 2 rings (SSSR count). The Morgan fingerprint density at radius 2 is 1.94 bits per heavy atom. The van der Waals surface area contributed by atoms with Gasteiger partial charge in [-0.05, 0) is 31.4 Å². The van der Waals surface area contributed by atoms with Crippen LogP contribution in [0.25, 0.3) is 0 Å². The molecule has 3 nitrogen and oxygen atoms in total. The fourth-order valence-corrected chi connectivity index (χ4v) is 2.77. The third-order valence-electron chi connectivity index (χ3n) is 3.87. The van der Waals surface area contributed by atoms with Crippen molar-refractivity contribution in [3.8, 4) is 11.5 Å². The summed E-state index contributed by atoms with van der Waals surface area (Å²) < 4.78 is 10.7. The second-order valence-electron chi connectivity index (χ2n) is 4.81. The molecule has 1 fully saturated rings. The molecule has 94 valence electrons. The van der Waals surface area contributed by atoms with Crippen LogP contribution in [0, 0.1) is 6.92 Å². The number of aliphatic hydroxyl groups excluding tert-OH is 1. The Morgan fingerprint density at radius 1 is 1.24 bits per heavy atom. The number of benzene rings is 1. The van der Waals surface area contributed by atoms with E-state index in [1.165, 1.54) is 6.42 Å². The second kappa shape index (κ2) is 4.57. The molecule has 0 amide bonds. The van der Waals surface area contributed by atoms with Gasteiger partial charge in [-0.25, -0.2) is 0 Å². The van der Waals surface area contributed by atoms with Gasteiger partial charge in [0.1, 0.15) is 11.5 Å². The highest BCUT2D eigenvalue weighted by Crippen LogP contribution is 2.49. The molecular weight excluding hydrogens is 216 g/mol. The third kappa shape index (κ3) is 1.89. The molecule has 1 N–H and O–H groups in total. The first kappa shape index (κ1) is 12.2. The Hall–Kier alpha value is -1.22. The lowest BCUT2D eigenvalue weighted by molar-refractivity contribution is 0.116. The summed E-state index contributed by atoms with van der Waals surface area (Å²) in [6.45, 7) is 2.24. The molecule has 1 aliphatic carbocycles. The summed E-state index contributed by atoms with van der Waals surface area (Å²) in [5, 5.41) is 9.67. The van der Waals surface area contributed by atoms with Crippen LogP contribution >= 0.6 is 0 Å². The smallest absolute Gasteiger partial charge is 0.126 e. The van der Waals surface area contributed by atoms with Gasteiger partial charge in [0.25, 0.3) is 0 Å². The summed E-state index contributed by atoms with van der Waals surface area (Å²) in [4.78, 5) is 0. The monoisotopic (exact) mass is 236 g/mol. The van der Waals surface area contributed by atoms with Crippen molar-refractivity contribution in [2.75, 3.05) is 20.8 Å². The van der Waals surface area contributed by atoms with Crippen LogP contribution in [0.3, 0.4) is 0 Å². The van der Waals surface area contributed by atoms with E-state index in [1.54, 1.807) is 14.2 Å². The van der Waals surface area contributed by atoms with Crippen LogP contribution in [0.5, 0.6) is 11.5 Å². The van der Waals surface area contributed by atoms with E-state index in [0.717, 1.165) is 35.5 Å². The maximum atomic E-state index is 9.67. The molecule has 1 aromatic carbocycles. The van der Waals surface area contributed by atoms with Gasteiger partial charge in [0.2, 0.25) is 0 Å². The average molecular weight is 236 g/mol. The Balaban J connectivity index is 2.52. The minimum absolute atomic E-state index is 0.0955. The molecule has 0 atom stereocenters. The Morgan fingerprint density at radius 3 is 2.35 bits per heavy atom. The standard InChI is InChI=1S/C14H20O3/c1-10-7-11(16-2)8-12(17-3)13(10)14(9-15)5-4-6-14/h7-8,15H,4-6,9H2,1-3H3. The van der Waals surface area contributed by atoms with E-state index in [0.29, 0.717) is 0 Å². The normalized spacial score (nSPS) is 17.4. The van der Waals surface area contributed by atoms with Gasteiger partial charge in [-0.15, -0.1) is 0 Å². The molecule has 0 bridgehead atoms. The number of ether oxygens (including phenoxy) is 2. The number of hydrogen-bond donors (Lipinski definition) is 1. The van der Waals surface area contributed by atoms with Gasteiger partial charge < -0.3 is 14.6 Å². The Labute approximate surface area is 102 Å². The molecule has 0 heterocycles. The van der Waals surface area contributed by atoms with Crippen LogP contribution in [0.4, 0.5) is 0 Å². The van der Waals surface area contributed by atoms with E-state index in [-0.39, 0.29) is 12.0 Å². The molecule has 3 heteroatoms. The lowest BCUT2D eigenvalue weighted by Gasteiger charge is -2.42. The van der Waals surface area contributed by atoms with E-state index < -0.39 is 0 Å². The molecule has 0 aliphatic heterocycles. The number of rotatable bonds is 4. The molecule has 1 saturated carbocycles. The van der Waals surface area contributed by atoms with Crippen molar-refractivity contribution in [3.05, 3.63) is 23.3 Å². The highest BCUT2D eigenvalue weighted by molar-refractivity contribution is 5.51. The highest BCUT2D eigenvalue weighted by Gasteiger charge is 2.41. The predicted molar refractivity (Wildman–Crippen MR) is 66.9 cm³/mol. The van der Waals surface area contributed by atoms with E-state index in [2.05, 4.69) is 6.92 Å². The molecule has 1 aliphatic rings. The van der Waals surface area contributed by atoms with E-state index in [4.69, 9.17) is 9.47 Å². The lowest BCUT2D eigenvalue weighted by Crippen LogP contribution is -2.39. The Kier molecular flexibility index (Phi) is 3.29. The molecule has 0 aromatic heterocycles. The summed E-state index contributed by atoms with van der Waals surface area (Å²) in [7, 11) is 3.32. The van der Waals surface area contributed by atoms with Crippen molar-refractivity contribution in [1.29, 1.82) is 0 Å². The van der Waals surface area contributed by atoms with Crippen LogP contribution in [-0.4, -0.2) is 25.9 Å². The maximum Gasteiger partial charge on any atom is 0.126 e. The van der Waals surface area contributed by atoms with Gasteiger partial charge >= 0.3 is 0 Å². The largest absolute Gasteiger partial charge is 0.497 e. The SMILES string of the molecule is COc1cc(C)c(C2(CO)CCC2)c(OC)c1. The van der Waals surface area contributed by atoms with Gasteiger partial charge in [-0.3, -0.25) is 0 Å². The van der Waals surface area contributed by atoms with Crippen molar-refractivity contribution < 1.29 is 14.6 Å². The van der Waals surface area contributed by atoms with Gasteiger partial charge in [0.05, 0.1) is 20.8 Å². The predicted octanol–water partition coefficient (Wildman–Crippen LogP) is 2.43. The minimum atomic E-state index is -0.0955. The summed E-state index contributed by atoms with van der Waals surface area (Å²) in [5.74, 6) is 1.63. The first-order chi connectivity index (χ1) is 8.16. The maximum absolute atomic E-state index is 9.67. The van der Waals surface area contributed by atoms with Crippen LogP contribution in [-0.2, 0) is 5.41 Å². The van der Waals surface area contributed by atoms with Gasteiger partial charge in [0.15, 0.2) is 0 Å². The Bertz CT molecular complexity index is 403. The van der Waals surface area contributed by atoms with Crippen LogP contribution in [0.2, 0.25) is 0 Å². The van der Waals surface area contributed by atoms with Crippen molar-refractivity contribution in [2.45, 2.75) is 31.6 Å². The number of methoxy groups -OCH3 is 2.